The minimum Gasteiger partial charge on any atom is -0.544 e. The third-order valence-electron chi connectivity index (χ3n) is 3.01. The number of aliphatic hydroxyl groups is 1. The molecule has 0 aliphatic rings. The number of benzene rings is 1. The highest BCUT2D eigenvalue weighted by Gasteiger charge is 2.19. The van der Waals surface area contributed by atoms with E-state index in [-0.39, 0.29) is 13.0 Å². The summed E-state index contributed by atoms with van der Waals surface area (Å²) in [4.78, 5) is 22.9. The fourth-order valence-electron chi connectivity index (χ4n) is 1.77. The maximum Gasteiger partial charge on any atom is 0.230 e. The number of amides is 1. The van der Waals surface area contributed by atoms with Gasteiger partial charge in [-0.3, -0.25) is 4.79 Å². The highest BCUT2D eigenvalue weighted by Crippen LogP contribution is 2.22. The molecule has 0 fully saturated rings. The number of hydrogen-bond acceptors (Lipinski definition) is 4. The van der Waals surface area contributed by atoms with Gasteiger partial charge in [0.25, 0.3) is 0 Å². The molecule has 2 atom stereocenters. The average molecular weight is 315 g/mol. The minimum absolute atomic E-state index is 0.183. The van der Waals surface area contributed by atoms with Gasteiger partial charge in [-0.25, -0.2) is 0 Å². The van der Waals surface area contributed by atoms with Gasteiger partial charge in [0.15, 0.2) is 0 Å². The van der Waals surface area contributed by atoms with Crippen molar-refractivity contribution in [2.45, 2.75) is 32.4 Å². The third-order valence-corrected chi connectivity index (χ3v) is 3.42. The zero-order chi connectivity index (χ0) is 16.0. The number of hydrogen-bond donors (Lipinski definition) is 3. The van der Waals surface area contributed by atoms with Crippen LogP contribution in [0.1, 0.15) is 18.9 Å². The molecule has 0 saturated heterocycles. The number of carbonyl (C=O) groups is 2. The number of anilines is 1. The quantitative estimate of drug-likeness (QED) is 0.602. The van der Waals surface area contributed by atoms with Crippen LogP contribution in [-0.2, 0) is 9.59 Å². The lowest BCUT2D eigenvalue weighted by Gasteiger charge is -2.17. The van der Waals surface area contributed by atoms with E-state index in [1.807, 2.05) is 0 Å². The van der Waals surface area contributed by atoms with Crippen LogP contribution < -0.4 is 15.7 Å². The van der Waals surface area contributed by atoms with Crippen LogP contribution in [0.3, 0.4) is 0 Å². The number of carbonyl (C=O) groups excluding carboxylic acids is 2. The van der Waals surface area contributed by atoms with Crippen molar-refractivity contribution < 1.29 is 25.1 Å². The zero-order valence-corrected chi connectivity index (χ0v) is 12.7. The predicted octanol–water partition coefficient (Wildman–Crippen LogP) is -0.960. The predicted molar refractivity (Wildman–Crippen MR) is 76.7 cm³/mol. The molecule has 1 amide bonds. The lowest BCUT2D eigenvalue weighted by Crippen LogP contribution is -2.94. The molecular weight excluding hydrogens is 296 g/mol. The van der Waals surface area contributed by atoms with Gasteiger partial charge in [0.05, 0.1) is 18.5 Å². The number of carboxylic acids is 1. The molecule has 6 nitrogen and oxygen atoms in total. The first-order valence-corrected chi connectivity index (χ1v) is 6.96. The van der Waals surface area contributed by atoms with Gasteiger partial charge in [-0.05, 0) is 31.5 Å². The molecule has 1 aromatic rings. The number of rotatable bonds is 7. The molecule has 0 radical (unpaired) electrons. The summed E-state index contributed by atoms with van der Waals surface area (Å²) in [6.07, 6.45) is -0.911. The van der Waals surface area contributed by atoms with E-state index in [4.69, 9.17) is 16.7 Å². The van der Waals surface area contributed by atoms with Crippen molar-refractivity contribution in [3.05, 3.63) is 28.8 Å². The van der Waals surface area contributed by atoms with Gasteiger partial charge < -0.3 is 25.6 Å². The monoisotopic (exact) mass is 314 g/mol. The number of nitrogens with two attached hydrogens (primary N) is 1. The molecule has 21 heavy (non-hydrogen) atoms. The van der Waals surface area contributed by atoms with Crippen molar-refractivity contribution in [1.82, 2.24) is 0 Å². The first kappa shape index (κ1) is 17.4. The lowest BCUT2D eigenvalue weighted by atomic mass is 10.1. The first-order valence-electron chi connectivity index (χ1n) is 6.58. The smallest absolute Gasteiger partial charge is 0.230 e. The van der Waals surface area contributed by atoms with E-state index in [2.05, 4.69) is 5.32 Å². The minimum atomic E-state index is -1.34. The van der Waals surface area contributed by atoms with Crippen molar-refractivity contribution in [2.75, 3.05) is 11.9 Å². The Hall–Kier alpha value is -1.63. The van der Waals surface area contributed by atoms with Gasteiger partial charge in [-0.2, -0.15) is 0 Å². The summed E-state index contributed by atoms with van der Waals surface area (Å²) in [5.41, 5.74) is 1.26. The van der Waals surface area contributed by atoms with E-state index in [0.717, 1.165) is 0 Å². The summed E-state index contributed by atoms with van der Waals surface area (Å²) in [6, 6.07) is 4.04. The molecule has 1 aromatic carbocycles. The average Bonchev–Trinajstić information content (AvgIpc) is 2.39. The summed E-state index contributed by atoms with van der Waals surface area (Å²) in [5.74, 6) is -1.79. The molecular formula is C14H19ClN2O4. The Balaban J connectivity index is 2.65. The maximum atomic E-state index is 11.9. The van der Waals surface area contributed by atoms with Crippen LogP contribution in [0.4, 0.5) is 5.69 Å². The molecule has 116 valence electrons. The van der Waals surface area contributed by atoms with Crippen LogP contribution in [0.5, 0.6) is 0 Å². The largest absolute Gasteiger partial charge is 0.544 e. The van der Waals surface area contributed by atoms with Crippen molar-refractivity contribution in [1.29, 1.82) is 0 Å². The summed E-state index contributed by atoms with van der Waals surface area (Å²) < 4.78 is 0. The number of aliphatic hydroxyl groups excluding tert-OH is 1. The van der Waals surface area contributed by atoms with E-state index in [1.165, 1.54) is 12.2 Å². The van der Waals surface area contributed by atoms with Gasteiger partial charge >= 0.3 is 0 Å². The van der Waals surface area contributed by atoms with E-state index in [9.17, 15) is 14.7 Å². The Kier molecular flexibility index (Phi) is 6.61. The fourth-order valence-corrected chi connectivity index (χ4v) is 1.94. The lowest BCUT2D eigenvalue weighted by molar-refractivity contribution is -0.687. The summed E-state index contributed by atoms with van der Waals surface area (Å²) >= 11 is 5.95. The van der Waals surface area contributed by atoms with E-state index >= 15 is 0 Å². The van der Waals surface area contributed by atoms with E-state index < -0.39 is 24.0 Å². The second kappa shape index (κ2) is 7.97. The number of quaternary nitrogens is 1. The molecule has 0 aromatic heterocycles. The van der Waals surface area contributed by atoms with Crippen molar-refractivity contribution >= 4 is 29.2 Å². The highest BCUT2D eigenvalue weighted by atomic mass is 35.5. The van der Waals surface area contributed by atoms with Crippen LogP contribution in [0, 0.1) is 6.92 Å². The van der Waals surface area contributed by atoms with Gasteiger partial charge in [-0.15, -0.1) is 0 Å². The number of aliphatic carboxylic acids is 1. The number of nitrogens with one attached hydrogen (secondary N) is 1. The molecule has 0 unspecified atom stereocenters. The normalized spacial score (nSPS) is 13.5. The number of halogens is 1. The maximum absolute atomic E-state index is 11.9. The highest BCUT2D eigenvalue weighted by molar-refractivity contribution is 6.31. The van der Waals surface area contributed by atoms with Crippen molar-refractivity contribution in [3.63, 3.8) is 0 Å². The Morgan fingerprint density at radius 3 is 2.71 bits per heavy atom. The summed E-state index contributed by atoms with van der Waals surface area (Å²) in [7, 11) is 0. The Morgan fingerprint density at radius 1 is 1.48 bits per heavy atom. The fraction of sp³-hybridized carbons (Fsp3) is 0.429. The van der Waals surface area contributed by atoms with Gasteiger partial charge in [0.1, 0.15) is 12.6 Å². The zero-order valence-electron chi connectivity index (χ0n) is 11.9. The molecule has 0 heterocycles. The van der Waals surface area contributed by atoms with Crippen LogP contribution >= 0.6 is 11.6 Å². The van der Waals surface area contributed by atoms with Gasteiger partial charge in [0.2, 0.25) is 5.91 Å². The summed E-state index contributed by atoms with van der Waals surface area (Å²) in [5, 5.41) is 24.7. The molecule has 0 spiro atoms. The summed E-state index contributed by atoms with van der Waals surface area (Å²) in [6.45, 7) is 3.48. The number of carboxylic acid groups (broad SMARTS) is 1. The van der Waals surface area contributed by atoms with Crippen molar-refractivity contribution in [2.24, 2.45) is 0 Å². The van der Waals surface area contributed by atoms with Crippen LogP contribution in [0.25, 0.3) is 0 Å². The second-order valence-corrected chi connectivity index (χ2v) is 5.32. The standard InChI is InChI=1S/C14H19ClN2O4/c1-8(18)7-16-12(14(20)21)6-13(19)17-11-5-3-4-10(15)9(11)2/h3-5,8,12,16,18H,6-7H2,1-2H3,(H,17,19)(H,20,21)/t8-,12+/m1/s1. The Bertz CT molecular complexity index is 520. The molecule has 1 rings (SSSR count). The first-order chi connectivity index (χ1) is 9.81. The third kappa shape index (κ3) is 5.71. The second-order valence-electron chi connectivity index (χ2n) is 4.91. The Morgan fingerprint density at radius 2 is 2.14 bits per heavy atom. The van der Waals surface area contributed by atoms with E-state index in [0.29, 0.717) is 16.3 Å². The molecule has 0 aliphatic carbocycles. The Labute approximate surface area is 128 Å². The topological polar surface area (TPSA) is 106 Å². The molecule has 7 heteroatoms. The van der Waals surface area contributed by atoms with Gasteiger partial charge in [-0.1, -0.05) is 17.7 Å². The van der Waals surface area contributed by atoms with Crippen LogP contribution in [-0.4, -0.2) is 35.7 Å². The molecule has 0 saturated carbocycles. The molecule has 0 bridgehead atoms. The van der Waals surface area contributed by atoms with Gasteiger partial charge in [0, 0.05) is 10.7 Å². The SMILES string of the molecule is Cc1c(Cl)cccc1NC(=O)C[C@H]([NH2+]C[C@@H](C)O)C(=O)[O-]. The van der Waals surface area contributed by atoms with Crippen LogP contribution in [0.15, 0.2) is 18.2 Å². The molecule has 4 N–H and O–H groups in total. The van der Waals surface area contributed by atoms with Crippen molar-refractivity contribution in [3.8, 4) is 0 Å². The van der Waals surface area contributed by atoms with E-state index in [1.54, 1.807) is 25.1 Å². The molecule has 0 aliphatic heterocycles. The van der Waals surface area contributed by atoms with Crippen LogP contribution in [0.2, 0.25) is 5.02 Å².